The summed E-state index contributed by atoms with van der Waals surface area (Å²) < 4.78 is 0. The van der Waals surface area contributed by atoms with Crippen molar-refractivity contribution in [3.63, 3.8) is 0 Å². The predicted octanol–water partition coefficient (Wildman–Crippen LogP) is 5.33. The highest BCUT2D eigenvalue weighted by Crippen LogP contribution is 2.09. The van der Waals surface area contributed by atoms with Crippen LogP contribution in [0.4, 0.5) is 9.59 Å². The summed E-state index contributed by atoms with van der Waals surface area (Å²) in [6, 6.07) is 7.98. The van der Waals surface area contributed by atoms with Gasteiger partial charge in [0.1, 0.15) is 0 Å². The van der Waals surface area contributed by atoms with E-state index in [9.17, 15) is 9.59 Å². The van der Waals surface area contributed by atoms with Crippen LogP contribution in [-0.4, -0.2) is 48.0 Å². The maximum atomic E-state index is 12.7. The number of carbonyl (C=O) groups is 2. The van der Waals surface area contributed by atoms with E-state index in [0.29, 0.717) is 36.8 Å². The van der Waals surface area contributed by atoms with Crippen molar-refractivity contribution in [1.82, 2.24) is 20.4 Å². The van der Waals surface area contributed by atoms with Crippen LogP contribution in [0.25, 0.3) is 0 Å². The molecule has 0 aliphatic rings. The number of benzene rings is 1. The van der Waals surface area contributed by atoms with Crippen molar-refractivity contribution in [3.8, 4) is 0 Å². The van der Waals surface area contributed by atoms with E-state index in [4.69, 9.17) is 0 Å². The highest BCUT2D eigenvalue weighted by Gasteiger charge is 2.17. The molecule has 0 bridgehead atoms. The van der Waals surface area contributed by atoms with E-state index in [1.54, 1.807) is 0 Å². The number of hydrogen-bond donors (Lipinski definition) is 2. The second-order valence-electron chi connectivity index (χ2n) is 10.5. The van der Waals surface area contributed by atoms with Gasteiger partial charge in [-0.1, -0.05) is 79.7 Å². The summed E-state index contributed by atoms with van der Waals surface area (Å²) in [7, 11) is 0. The molecule has 182 valence electrons. The number of carbonyl (C=O) groups excluding carboxylic acids is 2. The van der Waals surface area contributed by atoms with Gasteiger partial charge < -0.3 is 20.4 Å². The molecule has 0 radical (unpaired) electrons. The minimum absolute atomic E-state index is 0.0240. The zero-order chi connectivity index (χ0) is 24.3. The summed E-state index contributed by atoms with van der Waals surface area (Å²) in [6.07, 6.45) is 0. The molecular weight excluding hydrogens is 400 g/mol. The van der Waals surface area contributed by atoms with Crippen LogP contribution in [0.5, 0.6) is 0 Å². The second kappa shape index (κ2) is 14.0. The van der Waals surface area contributed by atoms with Crippen molar-refractivity contribution in [1.29, 1.82) is 0 Å². The molecule has 0 aromatic heterocycles. The van der Waals surface area contributed by atoms with Crippen LogP contribution in [0.3, 0.4) is 0 Å². The Labute approximate surface area is 196 Å². The third kappa shape index (κ3) is 11.4. The molecule has 32 heavy (non-hydrogen) atoms. The molecule has 1 aromatic carbocycles. The Morgan fingerprint density at radius 2 is 0.969 bits per heavy atom. The van der Waals surface area contributed by atoms with Crippen molar-refractivity contribution < 1.29 is 9.59 Å². The Hall–Kier alpha value is -2.24. The number of nitrogens with zero attached hydrogens (tertiary/aromatic N) is 2. The van der Waals surface area contributed by atoms with Crippen LogP contribution in [0.1, 0.15) is 66.5 Å². The highest BCUT2D eigenvalue weighted by molar-refractivity contribution is 5.74. The molecule has 1 rings (SSSR count). The Kier molecular flexibility index (Phi) is 12.2. The quantitative estimate of drug-likeness (QED) is 0.455. The first-order chi connectivity index (χ1) is 15.0. The predicted molar refractivity (Wildman–Crippen MR) is 133 cm³/mol. The third-order valence-electron chi connectivity index (χ3n) is 4.80. The molecule has 0 saturated heterocycles. The summed E-state index contributed by atoms with van der Waals surface area (Å²) in [5.41, 5.74) is 2.06. The van der Waals surface area contributed by atoms with Crippen molar-refractivity contribution in [2.45, 2.75) is 68.5 Å². The SMILES string of the molecule is CC(C)CN(CC(C)C)C(=O)NCc1cccc(CNC(=O)N(CC(C)C)CC(C)C)c1. The van der Waals surface area contributed by atoms with E-state index in [1.807, 2.05) is 34.1 Å². The lowest BCUT2D eigenvalue weighted by Crippen LogP contribution is -2.43. The van der Waals surface area contributed by atoms with Crippen LogP contribution >= 0.6 is 0 Å². The van der Waals surface area contributed by atoms with Gasteiger partial charge in [0.2, 0.25) is 0 Å². The molecule has 0 heterocycles. The molecular formula is C26H46N4O2. The van der Waals surface area contributed by atoms with Gasteiger partial charge in [0, 0.05) is 39.3 Å². The minimum atomic E-state index is -0.0240. The summed E-state index contributed by atoms with van der Waals surface area (Å²) in [5.74, 6) is 1.71. The first kappa shape index (κ1) is 27.8. The normalized spacial score (nSPS) is 11.4. The Bertz CT molecular complexity index is 626. The average molecular weight is 447 g/mol. The molecule has 1 aromatic rings. The number of urea groups is 2. The largest absolute Gasteiger partial charge is 0.334 e. The number of amides is 4. The average Bonchev–Trinajstić information content (AvgIpc) is 2.68. The summed E-state index contributed by atoms with van der Waals surface area (Å²) in [6.45, 7) is 21.0. The monoisotopic (exact) mass is 446 g/mol. The van der Waals surface area contributed by atoms with Gasteiger partial charge in [-0.25, -0.2) is 9.59 Å². The maximum Gasteiger partial charge on any atom is 0.317 e. The van der Waals surface area contributed by atoms with Gasteiger partial charge in [-0.3, -0.25) is 0 Å². The van der Waals surface area contributed by atoms with E-state index >= 15 is 0 Å². The standard InChI is InChI=1S/C26H46N4O2/c1-19(2)15-29(16-20(3)4)25(31)27-13-23-10-9-11-24(12-23)14-28-26(32)30(17-21(5)6)18-22(7)8/h9-12,19-22H,13-18H2,1-8H3,(H,27,31)(H,28,32). The van der Waals surface area contributed by atoms with Crippen LogP contribution in [0.15, 0.2) is 24.3 Å². The van der Waals surface area contributed by atoms with Gasteiger partial charge in [0.05, 0.1) is 0 Å². The van der Waals surface area contributed by atoms with Crippen LogP contribution in [-0.2, 0) is 13.1 Å². The maximum absolute atomic E-state index is 12.7. The van der Waals surface area contributed by atoms with Gasteiger partial charge in [-0.05, 0) is 34.8 Å². The fourth-order valence-electron chi connectivity index (χ4n) is 3.67. The molecule has 0 fully saturated rings. The van der Waals surface area contributed by atoms with Crippen molar-refractivity contribution >= 4 is 12.1 Å². The molecule has 0 aliphatic carbocycles. The number of nitrogens with one attached hydrogen (secondary N) is 2. The molecule has 0 unspecified atom stereocenters. The summed E-state index contributed by atoms with van der Waals surface area (Å²) in [4.78, 5) is 29.2. The van der Waals surface area contributed by atoms with Gasteiger partial charge in [-0.2, -0.15) is 0 Å². The van der Waals surface area contributed by atoms with Gasteiger partial charge >= 0.3 is 12.1 Å². The molecule has 6 nitrogen and oxygen atoms in total. The zero-order valence-electron chi connectivity index (χ0n) is 21.6. The van der Waals surface area contributed by atoms with Gasteiger partial charge in [0.25, 0.3) is 0 Å². The van der Waals surface area contributed by atoms with Crippen LogP contribution in [0.2, 0.25) is 0 Å². The molecule has 6 heteroatoms. The number of rotatable bonds is 12. The second-order valence-corrected chi connectivity index (χ2v) is 10.5. The topological polar surface area (TPSA) is 64.7 Å². The molecule has 4 amide bonds. The summed E-state index contributed by atoms with van der Waals surface area (Å²) >= 11 is 0. The molecule has 0 saturated carbocycles. The first-order valence-electron chi connectivity index (χ1n) is 12.1. The first-order valence-corrected chi connectivity index (χ1v) is 12.1. The lowest BCUT2D eigenvalue weighted by atomic mass is 10.1. The molecule has 2 N–H and O–H groups in total. The van der Waals surface area contributed by atoms with Crippen LogP contribution < -0.4 is 10.6 Å². The fraction of sp³-hybridized carbons (Fsp3) is 0.692. The Balaban J connectivity index is 2.67. The van der Waals surface area contributed by atoms with E-state index in [-0.39, 0.29) is 12.1 Å². The fourth-order valence-corrected chi connectivity index (χ4v) is 3.67. The van der Waals surface area contributed by atoms with E-state index in [0.717, 1.165) is 37.3 Å². The summed E-state index contributed by atoms with van der Waals surface area (Å²) in [5, 5.41) is 6.11. The zero-order valence-corrected chi connectivity index (χ0v) is 21.6. The van der Waals surface area contributed by atoms with Crippen molar-refractivity contribution in [2.75, 3.05) is 26.2 Å². The molecule has 0 atom stereocenters. The molecule has 0 aliphatic heterocycles. The Morgan fingerprint density at radius 1 is 0.656 bits per heavy atom. The van der Waals surface area contributed by atoms with Crippen LogP contribution in [0, 0.1) is 23.7 Å². The molecule has 0 spiro atoms. The number of hydrogen-bond acceptors (Lipinski definition) is 2. The van der Waals surface area contributed by atoms with Crippen molar-refractivity contribution in [2.24, 2.45) is 23.7 Å². The van der Waals surface area contributed by atoms with Crippen molar-refractivity contribution in [3.05, 3.63) is 35.4 Å². The lowest BCUT2D eigenvalue weighted by Gasteiger charge is -2.27. The van der Waals surface area contributed by atoms with E-state index < -0.39 is 0 Å². The minimum Gasteiger partial charge on any atom is -0.334 e. The highest BCUT2D eigenvalue weighted by atomic mass is 16.2. The Morgan fingerprint density at radius 3 is 1.25 bits per heavy atom. The smallest absolute Gasteiger partial charge is 0.317 e. The lowest BCUT2D eigenvalue weighted by molar-refractivity contribution is 0.182. The van der Waals surface area contributed by atoms with E-state index in [2.05, 4.69) is 66.0 Å². The van der Waals surface area contributed by atoms with E-state index in [1.165, 1.54) is 0 Å². The van der Waals surface area contributed by atoms with Gasteiger partial charge in [0.15, 0.2) is 0 Å². The third-order valence-corrected chi connectivity index (χ3v) is 4.80. The van der Waals surface area contributed by atoms with Gasteiger partial charge in [-0.15, -0.1) is 0 Å².